The van der Waals surface area contributed by atoms with Crippen molar-refractivity contribution >= 4 is 23.2 Å². The molecule has 1 aliphatic rings. The third-order valence-corrected chi connectivity index (χ3v) is 6.80. The first-order valence-electron chi connectivity index (χ1n) is 10.5. The molecule has 1 aliphatic heterocycles. The molecule has 0 radical (unpaired) electrons. The van der Waals surface area contributed by atoms with Gasteiger partial charge in [-0.25, -0.2) is 0 Å². The van der Waals surface area contributed by atoms with E-state index in [4.69, 9.17) is 0 Å². The molecule has 6 heteroatoms. The van der Waals surface area contributed by atoms with Gasteiger partial charge in [0.15, 0.2) is 0 Å². The molecule has 1 atom stereocenters. The summed E-state index contributed by atoms with van der Waals surface area (Å²) in [6.07, 6.45) is 3.79. The molecular weight excluding hydrogens is 406 g/mol. The van der Waals surface area contributed by atoms with Crippen LogP contribution in [0.25, 0.3) is 10.4 Å². The van der Waals surface area contributed by atoms with Gasteiger partial charge in [-0.15, -0.1) is 11.3 Å². The molecule has 2 amide bonds. The number of hydrogen-bond donors (Lipinski definition) is 0. The van der Waals surface area contributed by atoms with Crippen LogP contribution in [0.3, 0.4) is 0 Å². The quantitative estimate of drug-likeness (QED) is 0.601. The molecule has 0 unspecified atom stereocenters. The first-order valence-corrected chi connectivity index (χ1v) is 11.4. The zero-order valence-corrected chi connectivity index (χ0v) is 18.8. The van der Waals surface area contributed by atoms with Crippen LogP contribution in [0.4, 0.5) is 0 Å². The molecule has 0 bridgehead atoms. The third kappa shape index (κ3) is 4.54. The summed E-state index contributed by atoms with van der Waals surface area (Å²) < 4.78 is 0. The van der Waals surface area contributed by atoms with Crippen molar-refractivity contribution in [2.45, 2.75) is 19.3 Å². The summed E-state index contributed by atoms with van der Waals surface area (Å²) in [6, 6.07) is 17.9. The number of carbonyl (C=O) groups is 2. The second kappa shape index (κ2) is 9.02. The van der Waals surface area contributed by atoms with E-state index in [1.807, 2.05) is 12.1 Å². The normalized spacial score (nSPS) is 18.6. The van der Waals surface area contributed by atoms with Gasteiger partial charge in [0.1, 0.15) is 5.69 Å². The number of nitrogens with zero attached hydrogens (tertiary/aromatic N) is 3. The number of hydrogen-bond acceptors (Lipinski definition) is 4. The highest BCUT2D eigenvalue weighted by Gasteiger charge is 2.44. The van der Waals surface area contributed by atoms with Crippen molar-refractivity contribution in [1.29, 1.82) is 0 Å². The average Bonchev–Trinajstić information content (AvgIpc) is 3.34. The Morgan fingerprint density at radius 1 is 1.13 bits per heavy atom. The van der Waals surface area contributed by atoms with E-state index >= 15 is 0 Å². The van der Waals surface area contributed by atoms with E-state index in [1.54, 1.807) is 53.6 Å². The molecule has 3 aromatic rings. The number of piperidine rings is 1. The fourth-order valence-corrected chi connectivity index (χ4v) is 5.22. The molecule has 0 aliphatic carbocycles. The van der Waals surface area contributed by atoms with Crippen molar-refractivity contribution in [3.8, 4) is 10.4 Å². The number of aromatic nitrogens is 1. The minimum absolute atomic E-state index is 0.0764. The third-order valence-electron chi connectivity index (χ3n) is 5.88. The summed E-state index contributed by atoms with van der Waals surface area (Å²) in [5.74, 6) is -0.0314. The highest BCUT2D eigenvalue weighted by Crippen LogP contribution is 2.37. The Hall–Kier alpha value is -2.99. The summed E-state index contributed by atoms with van der Waals surface area (Å²) in [4.78, 5) is 35.4. The molecule has 160 valence electrons. The number of likely N-dealkylation sites (tertiary alicyclic amines) is 1. The van der Waals surface area contributed by atoms with Gasteiger partial charge < -0.3 is 9.80 Å². The standard InChI is InChI=1S/C25H27N3O2S/c1-27(2)24(30)25(17-19-8-5-9-20(16-19)22-11-6-15-31-22)12-7-14-28(18-25)23(29)21-10-3-4-13-26-21/h3-6,8-11,13,15-16H,7,12,14,17-18H2,1-2H3/t25-/m0/s1. The lowest BCUT2D eigenvalue weighted by Gasteiger charge is -2.43. The van der Waals surface area contributed by atoms with Crippen LogP contribution in [0.1, 0.15) is 28.9 Å². The van der Waals surface area contributed by atoms with Crippen LogP contribution in [0.2, 0.25) is 0 Å². The second-order valence-corrected chi connectivity index (χ2v) is 9.33. The number of thiophene rings is 1. The Kier molecular flexibility index (Phi) is 6.18. The van der Waals surface area contributed by atoms with Crippen molar-refractivity contribution in [2.24, 2.45) is 5.41 Å². The SMILES string of the molecule is CN(C)C(=O)[C@]1(Cc2cccc(-c3cccs3)c2)CCCN(C(=O)c2ccccn2)C1. The number of benzene rings is 1. The Bertz CT molecular complexity index is 1050. The lowest BCUT2D eigenvalue weighted by atomic mass is 9.73. The maximum atomic E-state index is 13.4. The molecule has 1 aromatic carbocycles. The van der Waals surface area contributed by atoms with E-state index in [-0.39, 0.29) is 11.8 Å². The molecule has 3 heterocycles. The van der Waals surface area contributed by atoms with Crippen molar-refractivity contribution < 1.29 is 9.59 Å². The molecule has 0 N–H and O–H groups in total. The summed E-state index contributed by atoms with van der Waals surface area (Å²) in [5, 5.41) is 2.07. The van der Waals surface area contributed by atoms with Crippen molar-refractivity contribution in [3.05, 3.63) is 77.4 Å². The van der Waals surface area contributed by atoms with E-state index in [2.05, 4.69) is 40.7 Å². The van der Waals surface area contributed by atoms with E-state index < -0.39 is 5.41 Å². The van der Waals surface area contributed by atoms with Crippen molar-refractivity contribution in [3.63, 3.8) is 0 Å². The summed E-state index contributed by atoms with van der Waals surface area (Å²) in [7, 11) is 3.59. The largest absolute Gasteiger partial charge is 0.348 e. The first kappa shape index (κ1) is 21.2. The molecule has 1 fully saturated rings. The number of carbonyl (C=O) groups excluding carboxylic acids is 2. The molecule has 0 spiro atoms. The van der Waals surface area contributed by atoms with Gasteiger partial charge in [0.25, 0.3) is 5.91 Å². The van der Waals surface area contributed by atoms with Crippen molar-refractivity contribution in [2.75, 3.05) is 27.2 Å². The lowest BCUT2D eigenvalue weighted by molar-refractivity contribution is -0.142. The van der Waals surface area contributed by atoms with E-state index in [0.717, 1.165) is 24.0 Å². The molecule has 1 saturated heterocycles. The predicted octanol–water partition coefficient (Wildman–Crippen LogP) is 4.36. The highest BCUT2D eigenvalue weighted by atomic mass is 32.1. The minimum atomic E-state index is -0.639. The summed E-state index contributed by atoms with van der Waals surface area (Å²) in [5.41, 5.74) is 2.07. The summed E-state index contributed by atoms with van der Waals surface area (Å²) >= 11 is 1.71. The fourth-order valence-electron chi connectivity index (χ4n) is 4.49. The Balaban J connectivity index is 1.64. The van der Waals surface area contributed by atoms with Gasteiger partial charge in [-0.1, -0.05) is 36.4 Å². The maximum absolute atomic E-state index is 13.4. The Labute approximate surface area is 187 Å². The highest BCUT2D eigenvalue weighted by molar-refractivity contribution is 7.13. The zero-order chi connectivity index (χ0) is 21.8. The van der Waals surface area contributed by atoms with E-state index in [1.165, 1.54) is 4.88 Å². The molecule has 31 heavy (non-hydrogen) atoms. The number of rotatable bonds is 5. The van der Waals surface area contributed by atoms with Gasteiger partial charge in [0, 0.05) is 38.3 Å². The molecule has 2 aromatic heterocycles. The van der Waals surface area contributed by atoms with Gasteiger partial charge in [-0.3, -0.25) is 14.6 Å². The van der Waals surface area contributed by atoms with Crippen LogP contribution in [-0.4, -0.2) is 53.8 Å². The number of pyridine rings is 1. The van der Waals surface area contributed by atoms with Gasteiger partial charge >= 0.3 is 0 Å². The average molecular weight is 434 g/mol. The van der Waals surface area contributed by atoms with Crippen LogP contribution in [0, 0.1) is 5.41 Å². The maximum Gasteiger partial charge on any atom is 0.272 e. The van der Waals surface area contributed by atoms with Crippen molar-refractivity contribution in [1.82, 2.24) is 14.8 Å². The van der Waals surface area contributed by atoms with Crippen LogP contribution in [0.5, 0.6) is 0 Å². The van der Waals surface area contributed by atoms with Crippen LogP contribution in [-0.2, 0) is 11.2 Å². The Morgan fingerprint density at radius 3 is 2.71 bits per heavy atom. The molecule has 4 rings (SSSR count). The second-order valence-electron chi connectivity index (χ2n) is 8.38. The molecule has 5 nitrogen and oxygen atoms in total. The van der Waals surface area contributed by atoms with Gasteiger partial charge in [0.05, 0.1) is 5.41 Å². The van der Waals surface area contributed by atoms with Crippen LogP contribution < -0.4 is 0 Å². The van der Waals surface area contributed by atoms with E-state index in [9.17, 15) is 9.59 Å². The molecule has 0 saturated carbocycles. The topological polar surface area (TPSA) is 53.5 Å². The van der Waals surface area contributed by atoms with Crippen LogP contribution >= 0.6 is 11.3 Å². The first-order chi connectivity index (χ1) is 15.0. The lowest BCUT2D eigenvalue weighted by Crippen LogP contribution is -2.54. The monoisotopic (exact) mass is 433 g/mol. The Morgan fingerprint density at radius 2 is 2.00 bits per heavy atom. The van der Waals surface area contributed by atoms with Gasteiger partial charge in [-0.2, -0.15) is 0 Å². The summed E-state index contributed by atoms with van der Waals surface area (Å²) in [6.45, 7) is 1.05. The fraction of sp³-hybridized carbons (Fsp3) is 0.320. The number of amides is 2. The molecular formula is C25H27N3O2S. The van der Waals surface area contributed by atoms with Gasteiger partial charge in [0.2, 0.25) is 5.91 Å². The zero-order valence-electron chi connectivity index (χ0n) is 18.0. The minimum Gasteiger partial charge on any atom is -0.348 e. The smallest absolute Gasteiger partial charge is 0.272 e. The van der Waals surface area contributed by atoms with Gasteiger partial charge in [-0.05, 0) is 54.0 Å². The van der Waals surface area contributed by atoms with Crippen LogP contribution in [0.15, 0.2) is 66.2 Å². The predicted molar refractivity (Wildman–Crippen MR) is 124 cm³/mol. The van der Waals surface area contributed by atoms with E-state index in [0.29, 0.717) is 25.2 Å².